The average Bonchev–Trinajstić information content (AvgIpc) is 3.55. The van der Waals surface area contributed by atoms with Crippen LogP contribution >= 0.6 is 0 Å². The second-order valence-corrected chi connectivity index (χ2v) is 27.1. The molecular formula is C37H64O13Si2. The summed E-state index contributed by atoms with van der Waals surface area (Å²) in [5.41, 5.74) is 1.64. The first-order valence-corrected chi connectivity index (χ1v) is 24.0. The van der Waals surface area contributed by atoms with Crippen LogP contribution in [0.25, 0.3) is 0 Å². The highest BCUT2D eigenvalue weighted by Gasteiger charge is 2.49. The number of fused-ring (bicyclic) bond motifs is 2. The third-order valence-corrected chi connectivity index (χ3v) is 20.1. The molecule has 0 aromatic heterocycles. The molecule has 0 bridgehead atoms. The van der Waals surface area contributed by atoms with Crippen LogP contribution in [0.4, 0.5) is 0 Å². The van der Waals surface area contributed by atoms with Crippen molar-refractivity contribution in [3.05, 3.63) is 34.9 Å². The van der Waals surface area contributed by atoms with Crippen LogP contribution in [0.2, 0.25) is 36.3 Å². The fraction of sp³-hybridized carbons (Fsp3) is 0.784. The van der Waals surface area contributed by atoms with Gasteiger partial charge in [0.15, 0.2) is 29.2 Å². The van der Waals surface area contributed by atoms with Crippen LogP contribution in [0.15, 0.2) is 34.9 Å². The normalized spacial score (nSPS) is 35.0. The summed E-state index contributed by atoms with van der Waals surface area (Å²) in [7, 11) is -3.80. The van der Waals surface area contributed by atoms with Gasteiger partial charge in [0.1, 0.15) is 24.4 Å². The van der Waals surface area contributed by atoms with Gasteiger partial charge < -0.3 is 53.3 Å². The van der Waals surface area contributed by atoms with E-state index >= 15 is 0 Å². The van der Waals surface area contributed by atoms with E-state index in [-0.39, 0.29) is 71.3 Å². The standard InChI is InChI=1S/C15H26O5Si.C15H28O3Si.C7H10O5/c1-9-18-11-7-10(14(16)17)8-12(13(11)19-9)20-21(5,6)15(2,3)4;1-10-8-12-14(17-11(2)16-12)13(9-10)18-19(6,7)15(3,4)5;8-4-1-3(7(11)12)2-5(9)6(4)10/h8-9,11-13H,7H2,1-6H3,(H,16,17);9,11-14H,8H2,1-7H3;1,4-6,8-10H,2H2,(H,11,12)/t9?,11-,12-,13-;11?,12-,13-,14-;4-,5-,6+/m000/s1. The van der Waals surface area contributed by atoms with Gasteiger partial charge in [0, 0.05) is 24.0 Å². The van der Waals surface area contributed by atoms with Crippen LogP contribution in [0.1, 0.15) is 81.6 Å². The number of aliphatic carboxylic acids is 2. The van der Waals surface area contributed by atoms with E-state index in [1.54, 1.807) is 6.08 Å². The molecule has 0 aromatic carbocycles. The Bertz CT molecular complexity index is 1360. The Kier molecular flexibility index (Phi) is 14.5. The first kappa shape index (κ1) is 44.6. The van der Waals surface area contributed by atoms with E-state index in [9.17, 15) is 14.7 Å². The van der Waals surface area contributed by atoms with Crippen molar-refractivity contribution in [2.45, 2.75) is 185 Å². The number of ether oxygens (including phenoxy) is 4. The summed E-state index contributed by atoms with van der Waals surface area (Å²) in [5, 5.41) is 45.1. The van der Waals surface area contributed by atoms with Crippen molar-refractivity contribution in [1.29, 1.82) is 0 Å². The molecule has 5 aliphatic rings. The lowest BCUT2D eigenvalue weighted by molar-refractivity contribution is -0.134. The third kappa shape index (κ3) is 11.2. The number of hydrogen-bond acceptors (Lipinski definition) is 11. The predicted molar refractivity (Wildman–Crippen MR) is 200 cm³/mol. The molecular weight excluding hydrogens is 709 g/mol. The maximum atomic E-state index is 11.3. The van der Waals surface area contributed by atoms with Crippen molar-refractivity contribution < 1.29 is 62.9 Å². The van der Waals surface area contributed by atoms with Gasteiger partial charge in [0.25, 0.3) is 0 Å². The van der Waals surface area contributed by atoms with Crippen LogP contribution < -0.4 is 0 Å². The second-order valence-electron chi connectivity index (χ2n) is 17.5. The monoisotopic (exact) mass is 772 g/mol. The smallest absolute Gasteiger partial charge is 0.331 e. The minimum Gasteiger partial charge on any atom is -0.478 e. The van der Waals surface area contributed by atoms with Crippen molar-refractivity contribution in [3.8, 4) is 0 Å². The number of hydrogen-bond donors (Lipinski definition) is 5. The molecule has 15 heteroatoms. The van der Waals surface area contributed by atoms with Crippen LogP contribution in [-0.2, 0) is 37.4 Å². The number of aliphatic hydroxyl groups excluding tert-OH is 3. The molecule has 2 saturated heterocycles. The molecule has 0 saturated carbocycles. The Balaban J connectivity index is 0.000000218. The lowest BCUT2D eigenvalue weighted by Crippen LogP contribution is -2.50. The van der Waals surface area contributed by atoms with Crippen molar-refractivity contribution in [2.75, 3.05) is 0 Å². The fourth-order valence-electron chi connectivity index (χ4n) is 6.07. The summed E-state index contributed by atoms with van der Waals surface area (Å²) in [5.74, 6) is -2.08. The third-order valence-electron chi connectivity index (χ3n) is 11.1. The van der Waals surface area contributed by atoms with Crippen molar-refractivity contribution in [2.24, 2.45) is 0 Å². The molecule has 0 radical (unpaired) electrons. The number of rotatable bonds is 6. The van der Waals surface area contributed by atoms with E-state index in [0.717, 1.165) is 12.5 Å². The molecule has 2 heterocycles. The highest BCUT2D eigenvalue weighted by Crippen LogP contribution is 2.42. The topological polar surface area (TPSA) is 191 Å². The Labute approximate surface area is 311 Å². The molecule has 5 N–H and O–H groups in total. The minimum absolute atomic E-state index is 0.0459. The van der Waals surface area contributed by atoms with Crippen molar-refractivity contribution in [1.82, 2.24) is 0 Å². The molecule has 0 aromatic rings. The Morgan fingerprint density at radius 3 is 1.48 bits per heavy atom. The number of carbonyl (C=O) groups is 2. The van der Waals surface area contributed by atoms with Gasteiger partial charge >= 0.3 is 11.9 Å². The van der Waals surface area contributed by atoms with Gasteiger partial charge in [-0.15, -0.1) is 0 Å². The highest BCUT2D eigenvalue weighted by molar-refractivity contribution is 6.74. The first-order chi connectivity index (χ1) is 23.6. The zero-order valence-corrected chi connectivity index (χ0v) is 35.2. The first-order valence-electron chi connectivity index (χ1n) is 18.2. The van der Waals surface area contributed by atoms with Gasteiger partial charge in [0.05, 0.1) is 30.5 Å². The number of carboxylic acids is 2. The molecule has 5 rings (SSSR count). The molecule has 2 unspecified atom stereocenters. The van der Waals surface area contributed by atoms with E-state index in [2.05, 4.69) is 80.7 Å². The largest absolute Gasteiger partial charge is 0.478 e. The lowest BCUT2D eigenvalue weighted by atomic mass is 9.92. The molecule has 298 valence electrons. The second kappa shape index (κ2) is 16.9. The minimum atomic E-state index is -2.01. The Morgan fingerprint density at radius 2 is 1.08 bits per heavy atom. The summed E-state index contributed by atoms with van der Waals surface area (Å²) < 4.78 is 36.2. The summed E-state index contributed by atoms with van der Waals surface area (Å²) in [6, 6.07) is 0. The molecule has 52 heavy (non-hydrogen) atoms. The molecule has 3 aliphatic carbocycles. The van der Waals surface area contributed by atoms with Gasteiger partial charge in [-0.2, -0.15) is 0 Å². The van der Waals surface area contributed by atoms with Gasteiger partial charge in [-0.1, -0.05) is 53.2 Å². The molecule has 13 nitrogen and oxygen atoms in total. The van der Waals surface area contributed by atoms with Crippen molar-refractivity contribution in [3.63, 3.8) is 0 Å². The highest BCUT2D eigenvalue weighted by atomic mass is 28.4. The van der Waals surface area contributed by atoms with E-state index in [4.69, 9.17) is 48.2 Å². The van der Waals surface area contributed by atoms with Gasteiger partial charge in [-0.25, -0.2) is 9.59 Å². The average molecular weight is 773 g/mol. The molecule has 0 amide bonds. The van der Waals surface area contributed by atoms with Crippen molar-refractivity contribution >= 4 is 28.6 Å². The predicted octanol–water partition coefficient (Wildman–Crippen LogP) is 5.26. The fourth-order valence-corrected chi connectivity index (χ4v) is 8.55. The van der Waals surface area contributed by atoms with Gasteiger partial charge in [0.2, 0.25) is 0 Å². The number of carboxylic acid groups (broad SMARTS) is 2. The van der Waals surface area contributed by atoms with E-state index < -0.39 is 46.9 Å². The summed E-state index contributed by atoms with van der Waals surface area (Å²) in [6.45, 7) is 28.2. The van der Waals surface area contributed by atoms with Crippen LogP contribution in [0, 0.1) is 0 Å². The molecule has 11 atom stereocenters. The van der Waals surface area contributed by atoms with E-state index in [1.165, 1.54) is 5.57 Å². The summed E-state index contributed by atoms with van der Waals surface area (Å²) in [6.07, 6.45) is 1.49. The SMILES string of the molecule is CC1=C[C@H](O[Si](C)(C)C(C)(C)C)[C@H]2OC(C)O[C@H]2C1.CC1O[C@@H]2[C@@H](O[Si](C)(C)C(C)(C)C)C=C(C(=O)O)C[C@@H]2O1.O=C(O)C1=C[C@H](O)[C@@H](O)[C@@H](O)C1. The zero-order valence-electron chi connectivity index (χ0n) is 33.2. The maximum absolute atomic E-state index is 11.3. The van der Waals surface area contributed by atoms with E-state index in [0.29, 0.717) is 12.0 Å². The maximum Gasteiger partial charge on any atom is 0.331 e. The number of aliphatic hydroxyl groups is 3. The Morgan fingerprint density at radius 1 is 0.673 bits per heavy atom. The Hall–Kier alpha value is -1.77. The van der Waals surface area contributed by atoms with E-state index in [1.807, 2.05) is 13.8 Å². The van der Waals surface area contributed by atoms with Gasteiger partial charge in [-0.3, -0.25) is 0 Å². The molecule has 2 fully saturated rings. The molecule has 2 aliphatic heterocycles. The molecule has 0 spiro atoms. The van der Waals surface area contributed by atoms with Gasteiger partial charge in [-0.05, 0) is 75.6 Å². The summed E-state index contributed by atoms with van der Waals surface area (Å²) in [4.78, 5) is 21.7. The quantitative estimate of drug-likeness (QED) is 0.174. The summed E-state index contributed by atoms with van der Waals surface area (Å²) >= 11 is 0. The van der Waals surface area contributed by atoms with Crippen LogP contribution in [-0.4, -0.2) is 122 Å². The lowest BCUT2D eigenvalue weighted by Gasteiger charge is -2.41. The van der Waals surface area contributed by atoms with Crippen LogP contribution in [0.5, 0.6) is 0 Å². The zero-order chi connectivity index (χ0) is 39.7. The van der Waals surface area contributed by atoms with Crippen LogP contribution in [0.3, 0.4) is 0 Å².